The van der Waals surface area contributed by atoms with Crippen LogP contribution in [0.4, 0.5) is 5.82 Å². The number of benzene rings is 1. The summed E-state index contributed by atoms with van der Waals surface area (Å²) in [7, 11) is 1.93. The summed E-state index contributed by atoms with van der Waals surface area (Å²) in [4.78, 5) is 4.13. The van der Waals surface area contributed by atoms with Crippen LogP contribution in [0.5, 0.6) is 0 Å². The number of nitrogens with one attached hydrogen (secondary N) is 1. The minimum absolute atomic E-state index is 0.0873. The molecule has 0 aliphatic heterocycles. The smallest absolute Gasteiger partial charge is 0.128 e. The molecule has 1 atom stereocenters. The molecule has 0 saturated heterocycles. The lowest BCUT2D eigenvalue weighted by Gasteiger charge is -2.18. The van der Waals surface area contributed by atoms with Crippen molar-refractivity contribution in [2.75, 3.05) is 12.8 Å². The number of aromatic nitrogens is 1. The zero-order valence-electron chi connectivity index (χ0n) is 10.1. The second-order valence-corrected chi connectivity index (χ2v) is 4.11. The molecule has 88 valence electrons. The standard InChI is InChI=1S/C14H17N3/c1-10-5-7-11(8-6-10)13(16-2)12-4-3-9-17-14(12)15/h3-9,13,16H,1-2H3,(H2,15,17). The quantitative estimate of drug-likeness (QED) is 0.845. The van der Waals surface area contributed by atoms with E-state index in [1.807, 2.05) is 19.2 Å². The molecular weight excluding hydrogens is 210 g/mol. The predicted molar refractivity (Wildman–Crippen MR) is 70.7 cm³/mol. The van der Waals surface area contributed by atoms with Gasteiger partial charge in [0, 0.05) is 11.8 Å². The summed E-state index contributed by atoms with van der Waals surface area (Å²) in [5, 5.41) is 3.27. The third-order valence-corrected chi connectivity index (χ3v) is 2.88. The number of pyridine rings is 1. The highest BCUT2D eigenvalue weighted by Crippen LogP contribution is 2.25. The van der Waals surface area contributed by atoms with Crippen molar-refractivity contribution in [3.05, 3.63) is 59.3 Å². The van der Waals surface area contributed by atoms with E-state index in [2.05, 4.69) is 41.5 Å². The van der Waals surface area contributed by atoms with E-state index in [-0.39, 0.29) is 6.04 Å². The van der Waals surface area contributed by atoms with Crippen molar-refractivity contribution in [2.45, 2.75) is 13.0 Å². The lowest BCUT2D eigenvalue weighted by molar-refractivity contribution is 0.691. The van der Waals surface area contributed by atoms with Crippen molar-refractivity contribution in [1.82, 2.24) is 10.3 Å². The molecule has 1 aromatic carbocycles. The van der Waals surface area contributed by atoms with Crippen LogP contribution in [0.3, 0.4) is 0 Å². The third-order valence-electron chi connectivity index (χ3n) is 2.88. The molecule has 0 fully saturated rings. The maximum absolute atomic E-state index is 5.91. The second-order valence-electron chi connectivity index (χ2n) is 4.11. The Morgan fingerprint density at radius 2 is 1.88 bits per heavy atom. The number of hydrogen-bond donors (Lipinski definition) is 2. The molecule has 2 rings (SSSR count). The molecular formula is C14H17N3. The van der Waals surface area contributed by atoms with Crippen molar-refractivity contribution >= 4 is 5.82 Å². The summed E-state index contributed by atoms with van der Waals surface area (Å²) in [6.45, 7) is 2.08. The Hall–Kier alpha value is -1.87. The fourth-order valence-electron chi connectivity index (χ4n) is 1.93. The summed E-state index contributed by atoms with van der Waals surface area (Å²) >= 11 is 0. The predicted octanol–water partition coefficient (Wildman–Crippen LogP) is 2.28. The summed E-state index contributed by atoms with van der Waals surface area (Å²) in [6.07, 6.45) is 1.71. The van der Waals surface area contributed by atoms with Gasteiger partial charge in [0.2, 0.25) is 0 Å². The fourth-order valence-corrected chi connectivity index (χ4v) is 1.93. The monoisotopic (exact) mass is 227 g/mol. The maximum atomic E-state index is 5.91. The van der Waals surface area contributed by atoms with E-state index >= 15 is 0 Å². The average molecular weight is 227 g/mol. The SMILES string of the molecule is CNC(c1ccc(C)cc1)c1cccnc1N. The first-order chi connectivity index (χ1) is 8.22. The van der Waals surface area contributed by atoms with Crippen molar-refractivity contribution in [2.24, 2.45) is 0 Å². The highest BCUT2D eigenvalue weighted by molar-refractivity contribution is 5.45. The van der Waals surface area contributed by atoms with Gasteiger partial charge in [0.25, 0.3) is 0 Å². The van der Waals surface area contributed by atoms with Gasteiger partial charge in [0.15, 0.2) is 0 Å². The van der Waals surface area contributed by atoms with Gasteiger partial charge in [0.05, 0.1) is 6.04 Å². The first-order valence-corrected chi connectivity index (χ1v) is 5.66. The summed E-state index contributed by atoms with van der Waals surface area (Å²) in [5.74, 6) is 0.576. The number of anilines is 1. The molecule has 1 unspecified atom stereocenters. The zero-order chi connectivity index (χ0) is 12.3. The van der Waals surface area contributed by atoms with Gasteiger partial charge in [-0.1, -0.05) is 35.9 Å². The first kappa shape index (κ1) is 11.6. The molecule has 0 radical (unpaired) electrons. The molecule has 0 spiro atoms. The van der Waals surface area contributed by atoms with Crippen LogP contribution in [0.1, 0.15) is 22.7 Å². The van der Waals surface area contributed by atoms with Gasteiger partial charge in [-0.05, 0) is 25.6 Å². The lowest BCUT2D eigenvalue weighted by atomic mass is 9.98. The fraction of sp³-hybridized carbons (Fsp3) is 0.214. The van der Waals surface area contributed by atoms with Gasteiger partial charge in [-0.3, -0.25) is 0 Å². The molecule has 3 nitrogen and oxygen atoms in total. The Kier molecular flexibility index (Phi) is 3.40. The number of rotatable bonds is 3. The van der Waals surface area contributed by atoms with Crippen LogP contribution in [0, 0.1) is 6.92 Å². The van der Waals surface area contributed by atoms with Crippen molar-refractivity contribution < 1.29 is 0 Å². The highest BCUT2D eigenvalue weighted by Gasteiger charge is 2.14. The Balaban J connectivity index is 2.40. The van der Waals surface area contributed by atoms with E-state index in [9.17, 15) is 0 Å². The van der Waals surface area contributed by atoms with Crippen molar-refractivity contribution in [3.63, 3.8) is 0 Å². The first-order valence-electron chi connectivity index (χ1n) is 5.66. The maximum Gasteiger partial charge on any atom is 0.128 e. The number of nitrogens with zero attached hydrogens (tertiary/aromatic N) is 1. The third kappa shape index (κ3) is 2.45. The lowest BCUT2D eigenvalue weighted by Crippen LogP contribution is -2.19. The van der Waals surface area contributed by atoms with Crippen molar-refractivity contribution in [1.29, 1.82) is 0 Å². The zero-order valence-corrected chi connectivity index (χ0v) is 10.1. The highest BCUT2D eigenvalue weighted by atomic mass is 14.9. The van der Waals surface area contributed by atoms with Gasteiger partial charge in [-0.2, -0.15) is 0 Å². The van der Waals surface area contributed by atoms with Crippen LogP contribution in [-0.4, -0.2) is 12.0 Å². The molecule has 3 heteroatoms. The largest absolute Gasteiger partial charge is 0.383 e. The number of nitrogen functional groups attached to an aromatic ring is 1. The Labute approximate surface area is 102 Å². The van der Waals surface area contributed by atoms with E-state index in [0.717, 1.165) is 5.56 Å². The molecule has 0 aliphatic rings. The van der Waals surface area contributed by atoms with Crippen LogP contribution in [0.25, 0.3) is 0 Å². The van der Waals surface area contributed by atoms with E-state index in [0.29, 0.717) is 5.82 Å². The van der Waals surface area contributed by atoms with Crippen LogP contribution < -0.4 is 11.1 Å². The number of aryl methyl sites for hydroxylation is 1. The topological polar surface area (TPSA) is 50.9 Å². The second kappa shape index (κ2) is 4.97. The molecule has 1 heterocycles. The van der Waals surface area contributed by atoms with Gasteiger partial charge in [-0.25, -0.2) is 4.98 Å². The van der Waals surface area contributed by atoms with Gasteiger partial charge in [-0.15, -0.1) is 0 Å². The molecule has 0 bridgehead atoms. The number of nitrogens with two attached hydrogens (primary N) is 1. The Bertz CT molecular complexity index is 491. The molecule has 0 saturated carbocycles. The van der Waals surface area contributed by atoms with Crippen LogP contribution in [0.2, 0.25) is 0 Å². The molecule has 1 aromatic heterocycles. The van der Waals surface area contributed by atoms with Gasteiger partial charge < -0.3 is 11.1 Å². The van der Waals surface area contributed by atoms with E-state index < -0.39 is 0 Å². The average Bonchev–Trinajstić information content (AvgIpc) is 2.35. The normalized spacial score (nSPS) is 12.4. The Morgan fingerprint density at radius 3 is 2.47 bits per heavy atom. The molecule has 0 aliphatic carbocycles. The summed E-state index contributed by atoms with van der Waals surface area (Å²) in [5.41, 5.74) is 9.37. The Morgan fingerprint density at radius 1 is 1.18 bits per heavy atom. The van der Waals surface area contributed by atoms with Crippen molar-refractivity contribution in [3.8, 4) is 0 Å². The summed E-state index contributed by atoms with van der Waals surface area (Å²) in [6, 6.07) is 12.4. The molecule has 0 amide bonds. The molecule has 3 N–H and O–H groups in total. The van der Waals surface area contributed by atoms with E-state index in [1.165, 1.54) is 11.1 Å². The van der Waals surface area contributed by atoms with Gasteiger partial charge in [0.1, 0.15) is 5.82 Å². The minimum Gasteiger partial charge on any atom is -0.383 e. The minimum atomic E-state index is 0.0873. The molecule has 2 aromatic rings. The molecule has 17 heavy (non-hydrogen) atoms. The van der Waals surface area contributed by atoms with E-state index in [1.54, 1.807) is 6.20 Å². The van der Waals surface area contributed by atoms with Crippen LogP contribution in [0.15, 0.2) is 42.6 Å². The van der Waals surface area contributed by atoms with Crippen LogP contribution in [-0.2, 0) is 0 Å². The summed E-state index contributed by atoms with van der Waals surface area (Å²) < 4.78 is 0. The van der Waals surface area contributed by atoms with Crippen LogP contribution >= 0.6 is 0 Å². The van der Waals surface area contributed by atoms with E-state index in [4.69, 9.17) is 5.73 Å². The number of hydrogen-bond acceptors (Lipinski definition) is 3. The van der Waals surface area contributed by atoms with Gasteiger partial charge >= 0.3 is 0 Å².